The molecular formula is C15H22. The van der Waals surface area contributed by atoms with E-state index in [0.717, 1.165) is 0 Å². The quantitative estimate of drug-likeness (QED) is 0.614. The highest BCUT2D eigenvalue weighted by atomic mass is 14.0. The highest BCUT2D eigenvalue weighted by Gasteiger charge is 1.92. The maximum absolute atomic E-state index is 3.74. The average molecular weight is 202 g/mol. The van der Waals surface area contributed by atoms with Gasteiger partial charge in [-0.05, 0) is 24.0 Å². The molecule has 1 unspecified atom stereocenters. The van der Waals surface area contributed by atoms with Gasteiger partial charge in [-0.15, -0.1) is 6.58 Å². The summed E-state index contributed by atoms with van der Waals surface area (Å²) in [6.07, 6.45) is 6.26. The zero-order valence-electron chi connectivity index (χ0n) is 10.3. The maximum atomic E-state index is 3.74. The predicted molar refractivity (Wildman–Crippen MR) is 70.9 cm³/mol. The van der Waals surface area contributed by atoms with Crippen molar-refractivity contribution in [3.8, 4) is 0 Å². The number of rotatable bonds is 3. The lowest BCUT2D eigenvalue weighted by atomic mass is 10.1. The lowest BCUT2D eigenvalue weighted by Gasteiger charge is -2.00. The molecule has 0 radical (unpaired) electrons. The first-order valence-electron chi connectivity index (χ1n) is 5.60. The van der Waals surface area contributed by atoms with Gasteiger partial charge in [0.2, 0.25) is 0 Å². The van der Waals surface area contributed by atoms with Crippen molar-refractivity contribution in [2.24, 2.45) is 5.92 Å². The number of allylic oxidation sites excluding steroid dienone is 2. The molecule has 1 rings (SSSR count). The fraction of sp³-hybridized carbons (Fsp3) is 0.333. The first-order valence-corrected chi connectivity index (χ1v) is 5.60. The van der Waals surface area contributed by atoms with Gasteiger partial charge in [0.15, 0.2) is 0 Å². The van der Waals surface area contributed by atoms with Crippen LogP contribution in [-0.4, -0.2) is 0 Å². The summed E-state index contributed by atoms with van der Waals surface area (Å²) in [5.74, 6) is 0.444. The highest BCUT2D eigenvalue weighted by Crippen LogP contribution is 2.10. The van der Waals surface area contributed by atoms with Crippen LogP contribution in [0.15, 0.2) is 43.0 Å². The number of benzene rings is 1. The summed E-state index contributed by atoms with van der Waals surface area (Å²) in [7, 11) is 0. The smallest absolute Gasteiger partial charge is 0.00812 e. The van der Waals surface area contributed by atoms with Gasteiger partial charge in [-0.25, -0.2) is 0 Å². The van der Waals surface area contributed by atoms with E-state index in [9.17, 15) is 0 Å². The molecule has 0 fully saturated rings. The zero-order valence-corrected chi connectivity index (χ0v) is 10.3. The minimum absolute atomic E-state index is 0.444. The Hall–Kier alpha value is -1.30. The van der Waals surface area contributed by atoms with Crippen LogP contribution in [0.1, 0.15) is 31.9 Å². The highest BCUT2D eigenvalue weighted by molar-refractivity contribution is 5.53. The van der Waals surface area contributed by atoms with Crippen LogP contribution in [0.2, 0.25) is 0 Å². The van der Waals surface area contributed by atoms with E-state index < -0.39 is 0 Å². The first kappa shape index (κ1) is 13.7. The largest absolute Gasteiger partial charge is 0.102 e. The van der Waals surface area contributed by atoms with Crippen LogP contribution < -0.4 is 0 Å². The molecule has 0 aliphatic heterocycles. The summed E-state index contributed by atoms with van der Waals surface area (Å²) in [5, 5.41) is 0. The Morgan fingerprint density at radius 3 is 2.33 bits per heavy atom. The van der Waals surface area contributed by atoms with Crippen molar-refractivity contribution in [1.82, 2.24) is 0 Å². The van der Waals surface area contributed by atoms with Gasteiger partial charge in [-0.2, -0.15) is 0 Å². The third-order valence-corrected chi connectivity index (χ3v) is 2.14. The second kappa shape index (κ2) is 8.05. The third kappa shape index (κ3) is 5.21. The molecule has 0 bridgehead atoms. The fourth-order valence-corrected chi connectivity index (χ4v) is 1.11. The lowest BCUT2D eigenvalue weighted by Crippen LogP contribution is -1.82. The minimum Gasteiger partial charge on any atom is -0.102 e. The molecule has 15 heavy (non-hydrogen) atoms. The van der Waals surface area contributed by atoms with Crippen molar-refractivity contribution < 1.29 is 0 Å². The Morgan fingerprint density at radius 1 is 1.20 bits per heavy atom. The molecule has 0 heterocycles. The molecule has 0 aliphatic rings. The third-order valence-electron chi connectivity index (χ3n) is 2.14. The zero-order chi connectivity index (χ0) is 11.7. The van der Waals surface area contributed by atoms with E-state index in [-0.39, 0.29) is 0 Å². The second-order valence-electron chi connectivity index (χ2n) is 3.31. The molecule has 0 amide bonds. The van der Waals surface area contributed by atoms with Crippen LogP contribution in [0, 0.1) is 12.8 Å². The Labute approximate surface area is 94.3 Å². The molecule has 0 spiro atoms. The van der Waals surface area contributed by atoms with Crippen molar-refractivity contribution in [2.45, 2.75) is 27.7 Å². The minimum atomic E-state index is 0.444. The second-order valence-corrected chi connectivity index (χ2v) is 3.31. The molecule has 0 aliphatic carbocycles. The van der Waals surface area contributed by atoms with Crippen LogP contribution in [0.4, 0.5) is 0 Å². The standard InChI is InChI=1S/C13H16.C2H6/c1-4-11(2)9-10-13-8-6-5-7-12(13)3;1-2/h4-11H,1H2,2-3H3;1-2H3/b10-9-;. The number of aryl methyl sites for hydroxylation is 1. The van der Waals surface area contributed by atoms with E-state index in [1.165, 1.54) is 11.1 Å². The molecule has 0 N–H and O–H groups in total. The van der Waals surface area contributed by atoms with E-state index in [4.69, 9.17) is 0 Å². The fourth-order valence-electron chi connectivity index (χ4n) is 1.11. The van der Waals surface area contributed by atoms with Crippen LogP contribution in [0.25, 0.3) is 6.08 Å². The molecule has 1 atom stereocenters. The van der Waals surface area contributed by atoms with E-state index in [2.05, 4.69) is 56.8 Å². The summed E-state index contributed by atoms with van der Waals surface area (Å²) < 4.78 is 0. The Balaban J connectivity index is 0.000000921. The summed E-state index contributed by atoms with van der Waals surface area (Å²) in [6.45, 7) is 12.0. The van der Waals surface area contributed by atoms with Gasteiger partial charge in [0.05, 0.1) is 0 Å². The lowest BCUT2D eigenvalue weighted by molar-refractivity contribution is 0.949. The molecule has 1 aromatic rings. The van der Waals surface area contributed by atoms with E-state index >= 15 is 0 Å². The molecule has 0 aromatic heterocycles. The van der Waals surface area contributed by atoms with Gasteiger partial charge in [0.1, 0.15) is 0 Å². The topological polar surface area (TPSA) is 0 Å². The van der Waals surface area contributed by atoms with Crippen molar-refractivity contribution in [3.05, 3.63) is 54.1 Å². The van der Waals surface area contributed by atoms with Crippen molar-refractivity contribution in [1.29, 1.82) is 0 Å². The molecule has 0 heteroatoms. The predicted octanol–water partition coefficient (Wildman–Crippen LogP) is 4.86. The summed E-state index contributed by atoms with van der Waals surface area (Å²) >= 11 is 0. The van der Waals surface area contributed by atoms with Gasteiger partial charge in [-0.1, -0.05) is 63.3 Å². The number of hydrogen-bond donors (Lipinski definition) is 0. The monoisotopic (exact) mass is 202 g/mol. The molecule has 0 nitrogen and oxygen atoms in total. The Bertz CT molecular complexity index is 308. The molecule has 1 aromatic carbocycles. The van der Waals surface area contributed by atoms with E-state index in [1.807, 2.05) is 19.9 Å². The Morgan fingerprint density at radius 2 is 1.80 bits per heavy atom. The van der Waals surface area contributed by atoms with Crippen LogP contribution in [0.5, 0.6) is 0 Å². The summed E-state index contributed by atoms with van der Waals surface area (Å²) in [6, 6.07) is 8.37. The van der Waals surface area contributed by atoms with Crippen molar-refractivity contribution in [3.63, 3.8) is 0 Å². The molecular weight excluding hydrogens is 180 g/mol. The normalized spacial score (nSPS) is 11.7. The van der Waals surface area contributed by atoms with E-state index in [0.29, 0.717) is 5.92 Å². The number of hydrogen-bond acceptors (Lipinski definition) is 0. The van der Waals surface area contributed by atoms with Crippen LogP contribution in [-0.2, 0) is 0 Å². The van der Waals surface area contributed by atoms with Gasteiger partial charge in [0, 0.05) is 0 Å². The first-order chi connectivity index (χ1) is 7.24. The van der Waals surface area contributed by atoms with Crippen molar-refractivity contribution in [2.75, 3.05) is 0 Å². The van der Waals surface area contributed by atoms with Gasteiger partial charge >= 0.3 is 0 Å². The maximum Gasteiger partial charge on any atom is -0.00812 e. The van der Waals surface area contributed by atoms with Gasteiger partial charge in [0.25, 0.3) is 0 Å². The van der Waals surface area contributed by atoms with Gasteiger partial charge < -0.3 is 0 Å². The molecule has 82 valence electrons. The summed E-state index contributed by atoms with van der Waals surface area (Å²) in [4.78, 5) is 0. The van der Waals surface area contributed by atoms with E-state index in [1.54, 1.807) is 0 Å². The summed E-state index contributed by atoms with van der Waals surface area (Å²) in [5.41, 5.74) is 2.60. The molecule has 0 saturated heterocycles. The SMILES string of the molecule is C=CC(C)/C=C\c1ccccc1C.CC. The van der Waals surface area contributed by atoms with Crippen molar-refractivity contribution >= 4 is 6.08 Å². The van der Waals surface area contributed by atoms with Gasteiger partial charge in [-0.3, -0.25) is 0 Å². The Kier molecular flexibility index (Phi) is 7.35. The van der Waals surface area contributed by atoms with Crippen LogP contribution in [0.3, 0.4) is 0 Å². The molecule has 0 saturated carbocycles. The average Bonchev–Trinajstić information content (AvgIpc) is 2.30. The van der Waals surface area contributed by atoms with Crippen LogP contribution >= 0.6 is 0 Å².